The summed E-state index contributed by atoms with van der Waals surface area (Å²) in [6.45, 7) is 5.82. The van der Waals surface area contributed by atoms with E-state index in [2.05, 4.69) is 5.32 Å². The Morgan fingerprint density at radius 2 is 1.79 bits per heavy atom. The first-order valence-electron chi connectivity index (χ1n) is 6.21. The van der Waals surface area contributed by atoms with Gasteiger partial charge < -0.3 is 21.1 Å². The second kappa shape index (κ2) is 7.60. The molecular formula is C12H23N3O4. The minimum Gasteiger partial charge on any atom is -0.480 e. The largest absolute Gasteiger partial charge is 0.480 e. The number of nitrogens with two attached hydrogens (primary N) is 1. The first-order valence-corrected chi connectivity index (χ1v) is 6.21. The zero-order chi connectivity index (χ0) is 15.2. The molecule has 0 saturated carbocycles. The van der Waals surface area contributed by atoms with E-state index in [9.17, 15) is 14.4 Å². The number of aliphatic carboxylic acids is 1. The molecule has 19 heavy (non-hydrogen) atoms. The lowest BCUT2D eigenvalue weighted by Crippen LogP contribution is -2.50. The smallest absolute Gasteiger partial charge is 0.326 e. The number of nitrogens with zero attached hydrogens (tertiary/aromatic N) is 1. The van der Waals surface area contributed by atoms with E-state index in [1.54, 1.807) is 7.05 Å². The van der Waals surface area contributed by atoms with Crippen LogP contribution in [0.4, 0.5) is 4.79 Å². The standard InChI is InChI=1S/C12H23N3O4/c1-7(2)8(3)15(4)12(19)14-9(11(17)18)5-6-10(13)16/h7-9H,5-6H2,1-4H3,(H2,13,16)(H,14,19)(H,17,18)/t8?,9-/m0/s1. The van der Waals surface area contributed by atoms with Crippen LogP contribution in [0.1, 0.15) is 33.6 Å². The molecular weight excluding hydrogens is 250 g/mol. The van der Waals surface area contributed by atoms with E-state index in [1.165, 1.54) is 4.90 Å². The zero-order valence-electron chi connectivity index (χ0n) is 11.8. The van der Waals surface area contributed by atoms with E-state index in [-0.39, 0.29) is 24.8 Å². The van der Waals surface area contributed by atoms with Crippen LogP contribution >= 0.6 is 0 Å². The van der Waals surface area contributed by atoms with Crippen LogP contribution in [0.2, 0.25) is 0 Å². The number of hydrogen-bond acceptors (Lipinski definition) is 3. The molecule has 0 saturated heterocycles. The van der Waals surface area contributed by atoms with Crippen molar-refractivity contribution >= 4 is 17.9 Å². The molecule has 7 nitrogen and oxygen atoms in total. The molecule has 1 unspecified atom stereocenters. The summed E-state index contributed by atoms with van der Waals surface area (Å²) in [6, 6.07) is -1.61. The van der Waals surface area contributed by atoms with Crippen LogP contribution in [0.25, 0.3) is 0 Å². The third-order valence-corrected chi connectivity index (χ3v) is 3.17. The molecule has 0 heterocycles. The van der Waals surface area contributed by atoms with E-state index < -0.39 is 23.9 Å². The van der Waals surface area contributed by atoms with Crippen molar-refractivity contribution in [3.63, 3.8) is 0 Å². The van der Waals surface area contributed by atoms with Crippen molar-refractivity contribution in [2.75, 3.05) is 7.05 Å². The van der Waals surface area contributed by atoms with Crippen molar-refractivity contribution in [3.05, 3.63) is 0 Å². The van der Waals surface area contributed by atoms with Crippen molar-refractivity contribution in [1.29, 1.82) is 0 Å². The average molecular weight is 273 g/mol. The number of hydrogen-bond donors (Lipinski definition) is 3. The predicted octanol–water partition coefficient (Wildman–Crippen LogP) is 0.391. The van der Waals surface area contributed by atoms with Crippen LogP contribution in [0.3, 0.4) is 0 Å². The topological polar surface area (TPSA) is 113 Å². The molecule has 0 spiro atoms. The second-order valence-electron chi connectivity index (χ2n) is 4.94. The Morgan fingerprint density at radius 1 is 1.26 bits per heavy atom. The molecule has 3 amide bonds. The highest BCUT2D eigenvalue weighted by molar-refractivity contribution is 5.83. The second-order valence-corrected chi connectivity index (χ2v) is 4.94. The van der Waals surface area contributed by atoms with Crippen molar-refractivity contribution in [2.24, 2.45) is 11.7 Å². The minimum absolute atomic E-state index is 0.0136. The van der Waals surface area contributed by atoms with E-state index in [0.29, 0.717) is 0 Å². The van der Waals surface area contributed by atoms with Gasteiger partial charge in [0.15, 0.2) is 0 Å². The summed E-state index contributed by atoms with van der Waals surface area (Å²) >= 11 is 0. The van der Waals surface area contributed by atoms with Gasteiger partial charge in [-0.05, 0) is 19.3 Å². The number of carbonyl (C=O) groups excluding carboxylic acids is 2. The first kappa shape index (κ1) is 17.2. The molecule has 0 radical (unpaired) electrons. The molecule has 0 bridgehead atoms. The van der Waals surface area contributed by atoms with Gasteiger partial charge >= 0.3 is 12.0 Å². The number of carbonyl (C=O) groups is 3. The fraction of sp³-hybridized carbons (Fsp3) is 0.750. The van der Waals surface area contributed by atoms with Crippen molar-refractivity contribution in [1.82, 2.24) is 10.2 Å². The van der Waals surface area contributed by atoms with Gasteiger partial charge in [0.05, 0.1) is 0 Å². The maximum atomic E-state index is 11.9. The van der Waals surface area contributed by atoms with Crippen LogP contribution in [0, 0.1) is 5.92 Å². The summed E-state index contributed by atoms with van der Waals surface area (Å²) in [6.07, 6.45) is -0.0962. The number of amides is 3. The summed E-state index contributed by atoms with van der Waals surface area (Å²) in [5, 5.41) is 11.4. The monoisotopic (exact) mass is 273 g/mol. The lowest BCUT2D eigenvalue weighted by molar-refractivity contribution is -0.139. The third kappa shape index (κ3) is 6.08. The molecule has 4 N–H and O–H groups in total. The first-order chi connectivity index (χ1) is 8.66. The van der Waals surface area contributed by atoms with E-state index in [0.717, 1.165) is 0 Å². The fourth-order valence-electron chi connectivity index (χ4n) is 1.43. The highest BCUT2D eigenvalue weighted by atomic mass is 16.4. The van der Waals surface area contributed by atoms with E-state index in [1.807, 2.05) is 20.8 Å². The number of rotatable bonds is 7. The summed E-state index contributed by atoms with van der Waals surface area (Å²) in [4.78, 5) is 35.0. The van der Waals surface area contributed by atoms with Crippen molar-refractivity contribution < 1.29 is 19.5 Å². The van der Waals surface area contributed by atoms with Crippen LogP contribution in [-0.2, 0) is 9.59 Å². The Balaban J connectivity index is 4.54. The summed E-state index contributed by atoms with van der Waals surface area (Å²) in [5.74, 6) is -1.52. The van der Waals surface area contributed by atoms with Crippen LogP contribution in [-0.4, -0.2) is 47.0 Å². The molecule has 0 aliphatic heterocycles. The number of nitrogens with one attached hydrogen (secondary N) is 1. The summed E-state index contributed by atoms with van der Waals surface area (Å²) in [5.41, 5.74) is 4.96. The van der Waals surface area contributed by atoms with Crippen LogP contribution in [0.5, 0.6) is 0 Å². The Kier molecular flexibility index (Phi) is 6.89. The van der Waals surface area contributed by atoms with Crippen molar-refractivity contribution in [3.8, 4) is 0 Å². The predicted molar refractivity (Wildman–Crippen MR) is 70.4 cm³/mol. The van der Waals surface area contributed by atoms with Gasteiger partial charge in [-0.1, -0.05) is 13.8 Å². The summed E-state index contributed by atoms with van der Waals surface area (Å²) in [7, 11) is 1.60. The molecule has 0 aromatic carbocycles. The molecule has 0 aliphatic rings. The summed E-state index contributed by atoms with van der Waals surface area (Å²) < 4.78 is 0. The van der Waals surface area contributed by atoms with Gasteiger partial charge in [0.25, 0.3) is 0 Å². The molecule has 0 rings (SSSR count). The molecule has 7 heteroatoms. The Labute approximate surface area is 113 Å². The lowest BCUT2D eigenvalue weighted by atomic mass is 10.1. The number of carboxylic acid groups (broad SMARTS) is 1. The molecule has 0 aromatic heterocycles. The highest BCUT2D eigenvalue weighted by Gasteiger charge is 2.24. The number of carboxylic acids is 1. The van der Waals surface area contributed by atoms with E-state index in [4.69, 9.17) is 10.8 Å². The van der Waals surface area contributed by atoms with Gasteiger partial charge in [-0.25, -0.2) is 9.59 Å². The normalized spacial score (nSPS) is 13.7. The van der Waals surface area contributed by atoms with E-state index >= 15 is 0 Å². The van der Waals surface area contributed by atoms with Crippen LogP contribution in [0.15, 0.2) is 0 Å². The maximum absolute atomic E-state index is 11.9. The van der Waals surface area contributed by atoms with Gasteiger partial charge in [-0.3, -0.25) is 4.79 Å². The van der Waals surface area contributed by atoms with Gasteiger partial charge in [0, 0.05) is 19.5 Å². The Morgan fingerprint density at radius 3 is 2.16 bits per heavy atom. The average Bonchev–Trinajstić information content (AvgIpc) is 2.31. The van der Waals surface area contributed by atoms with Gasteiger partial charge in [-0.15, -0.1) is 0 Å². The number of primary amides is 1. The van der Waals surface area contributed by atoms with Crippen molar-refractivity contribution in [2.45, 2.75) is 45.7 Å². The highest BCUT2D eigenvalue weighted by Crippen LogP contribution is 2.08. The quantitative estimate of drug-likeness (QED) is 0.622. The Bertz CT molecular complexity index is 344. The van der Waals surface area contributed by atoms with Gasteiger partial charge in [0.2, 0.25) is 5.91 Å². The molecule has 2 atom stereocenters. The maximum Gasteiger partial charge on any atom is 0.326 e. The van der Waals surface area contributed by atoms with Crippen LogP contribution < -0.4 is 11.1 Å². The number of urea groups is 1. The van der Waals surface area contributed by atoms with Gasteiger partial charge in [0.1, 0.15) is 6.04 Å². The molecule has 0 aliphatic carbocycles. The zero-order valence-corrected chi connectivity index (χ0v) is 11.8. The Hall–Kier alpha value is -1.79. The third-order valence-electron chi connectivity index (χ3n) is 3.17. The fourth-order valence-corrected chi connectivity index (χ4v) is 1.43. The lowest BCUT2D eigenvalue weighted by Gasteiger charge is -2.29. The molecule has 110 valence electrons. The molecule has 0 aromatic rings. The molecule has 0 fully saturated rings. The van der Waals surface area contributed by atoms with Gasteiger partial charge in [-0.2, -0.15) is 0 Å². The SMILES string of the molecule is CC(C)C(C)N(C)C(=O)N[C@@H](CCC(N)=O)C(=O)O. The minimum atomic E-state index is -1.18.